The maximum Gasteiger partial charge on any atom is 0.228 e. The summed E-state index contributed by atoms with van der Waals surface area (Å²) >= 11 is 13.8. The van der Waals surface area contributed by atoms with Crippen LogP contribution in [-0.2, 0) is 17.8 Å². The summed E-state index contributed by atoms with van der Waals surface area (Å²) in [6.45, 7) is 0.411. The third kappa shape index (κ3) is 4.40. The lowest BCUT2D eigenvalue weighted by Gasteiger charge is -2.18. The molecule has 3 nitrogen and oxygen atoms in total. The first-order chi connectivity index (χ1) is 12.0. The van der Waals surface area contributed by atoms with Crippen molar-refractivity contribution in [3.8, 4) is 10.6 Å². The highest BCUT2D eigenvalue weighted by Crippen LogP contribution is 2.27. The number of rotatable bonds is 5. The number of likely N-dealkylation sites (N-methyl/N-ethyl adjacent to an activating group) is 1. The maximum atomic E-state index is 12.5. The van der Waals surface area contributed by atoms with Crippen LogP contribution in [-0.4, -0.2) is 22.8 Å². The third-order valence-electron chi connectivity index (χ3n) is 3.77. The minimum absolute atomic E-state index is 0.0130. The van der Waals surface area contributed by atoms with Crippen LogP contribution in [0.1, 0.15) is 11.3 Å². The van der Waals surface area contributed by atoms with Crippen LogP contribution in [0.5, 0.6) is 0 Å². The van der Waals surface area contributed by atoms with Crippen LogP contribution in [0, 0.1) is 0 Å². The Hall–Kier alpha value is -1.88. The van der Waals surface area contributed by atoms with Crippen molar-refractivity contribution < 1.29 is 4.79 Å². The Kier molecular flexibility index (Phi) is 5.74. The Bertz CT molecular complexity index is 880. The van der Waals surface area contributed by atoms with Gasteiger partial charge in [0, 0.05) is 24.5 Å². The second kappa shape index (κ2) is 8.00. The summed E-state index contributed by atoms with van der Waals surface area (Å²) in [5.41, 5.74) is 2.66. The lowest BCUT2D eigenvalue weighted by atomic mass is 10.2. The number of hydrogen-bond acceptors (Lipinski definition) is 3. The molecule has 3 aromatic rings. The average Bonchev–Trinajstić information content (AvgIpc) is 3.08. The molecule has 1 amide bonds. The predicted molar refractivity (Wildman–Crippen MR) is 104 cm³/mol. The van der Waals surface area contributed by atoms with Crippen molar-refractivity contribution in [3.05, 3.63) is 75.2 Å². The van der Waals surface area contributed by atoms with Gasteiger partial charge in [0.2, 0.25) is 5.91 Å². The molecule has 6 heteroatoms. The van der Waals surface area contributed by atoms with Gasteiger partial charge in [-0.25, -0.2) is 4.98 Å². The summed E-state index contributed by atoms with van der Waals surface area (Å²) < 4.78 is 0. The Morgan fingerprint density at radius 2 is 1.88 bits per heavy atom. The Labute approximate surface area is 160 Å². The minimum Gasteiger partial charge on any atom is -0.341 e. The topological polar surface area (TPSA) is 33.2 Å². The molecular weight excluding hydrogens is 375 g/mol. The van der Waals surface area contributed by atoms with Gasteiger partial charge in [-0.2, -0.15) is 0 Å². The molecule has 3 rings (SSSR count). The molecule has 0 radical (unpaired) electrons. The molecule has 25 heavy (non-hydrogen) atoms. The van der Waals surface area contributed by atoms with Crippen molar-refractivity contribution in [2.75, 3.05) is 7.05 Å². The second-order valence-electron chi connectivity index (χ2n) is 5.65. The average molecular weight is 391 g/mol. The van der Waals surface area contributed by atoms with Gasteiger partial charge in [0.05, 0.1) is 22.2 Å². The lowest BCUT2D eigenvalue weighted by molar-refractivity contribution is -0.129. The quantitative estimate of drug-likeness (QED) is 0.590. The molecule has 128 valence electrons. The van der Waals surface area contributed by atoms with Gasteiger partial charge in [-0.3, -0.25) is 4.79 Å². The van der Waals surface area contributed by atoms with Gasteiger partial charge >= 0.3 is 0 Å². The SMILES string of the molecule is CN(Cc1cccc(Cl)c1Cl)C(=O)Cc1csc(-c2ccccc2)n1. The molecule has 0 aliphatic rings. The van der Waals surface area contributed by atoms with E-state index in [0.717, 1.165) is 21.8 Å². The molecule has 0 spiro atoms. The van der Waals surface area contributed by atoms with Crippen molar-refractivity contribution in [2.45, 2.75) is 13.0 Å². The summed E-state index contributed by atoms with van der Waals surface area (Å²) in [5, 5.41) is 3.83. The van der Waals surface area contributed by atoms with Gasteiger partial charge in [-0.05, 0) is 11.6 Å². The molecule has 0 unspecified atom stereocenters. The lowest BCUT2D eigenvalue weighted by Crippen LogP contribution is -2.28. The van der Waals surface area contributed by atoms with Crippen LogP contribution >= 0.6 is 34.5 Å². The number of hydrogen-bond donors (Lipinski definition) is 0. The molecule has 0 saturated heterocycles. The third-order valence-corrected chi connectivity index (χ3v) is 5.57. The second-order valence-corrected chi connectivity index (χ2v) is 7.29. The molecule has 0 N–H and O–H groups in total. The van der Waals surface area contributed by atoms with Crippen molar-refractivity contribution >= 4 is 40.4 Å². The molecule has 0 fully saturated rings. The molecule has 0 atom stereocenters. The Morgan fingerprint density at radius 1 is 1.12 bits per heavy atom. The van der Waals surface area contributed by atoms with E-state index in [1.54, 1.807) is 29.4 Å². The molecule has 0 saturated carbocycles. The zero-order chi connectivity index (χ0) is 17.8. The van der Waals surface area contributed by atoms with Gasteiger partial charge in [-0.15, -0.1) is 11.3 Å². The summed E-state index contributed by atoms with van der Waals surface area (Å²) in [4.78, 5) is 18.7. The fraction of sp³-hybridized carbons (Fsp3) is 0.158. The highest BCUT2D eigenvalue weighted by Gasteiger charge is 2.15. The number of halogens is 2. The summed E-state index contributed by atoms with van der Waals surface area (Å²) in [5.74, 6) is -0.0130. The monoisotopic (exact) mass is 390 g/mol. The van der Waals surface area contributed by atoms with Crippen LogP contribution in [0.3, 0.4) is 0 Å². The van der Waals surface area contributed by atoms with E-state index in [0.29, 0.717) is 16.6 Å². The summed E-state index contributed by atoms with van der Waals surface area (Å²) in [6.07, 6.45) is 0.262. The Morgan fingerprint density at radius 3 is 2.64 bits per heavy atom. The van der Waals surface area contributed by atoms with E-state index in [4.69, 9.17) is 23.2 Å². The van der Waals surface area contributed by atoms with Crippen LogP contribution < -0.4 is 0 Å². The largest absolute Gasteiger partial charge is 0.341 e. The summed E-state index contributed by atoms with van der Waals surface area (Å²) in [7, 11) is 1.75. The number of amides is 1. The zero-order valence-electron chi connectivity index (χ0n) is 13.6. The van der Waals surface area contributed by atoms with Crippen molar-refractivity contribution in [1.29, 1.82) is 0 Å². The standard InChI is InChI=1S/C19H16Cl2N2OS/c1-23(11-14-8-5-9-16(20)18(14)21)17(24)10-15-12-25-19(22-15)13-6-3-2-4-7-13/h2-9,12H,10-11H2,1H3. The van der Waals surface area contributed by atoms with E-state index in [9.17, 15) is 4.79 Å². The van der Waals surface area contributed by atoms with Crippen molar-refractivity contribution in [3.63, 3.8) is 0 Å². The molecule has 0 bridgehead atoms. The first-order valence-electron chi connectivity index (χ1n) is 7.71. The van der Waals surface area contributed by atoms with Gasteiger partial charge in [-0.1, -0.05) is 65.7 Å². The smallest absolute Gasteiger partial charge is 0.228 e. The number of aromatic nitrogens is 1. The minimum atomic E-state index is -0.0130. The molecule has 0 aliphatic carbocycles. The predicted octanol–water partition coefficient (Wildman–Crippen LogP) is 5.32. The van der Waals surface area contributed by atoms with Crippen molar-refractivity contribution in [1.82, 2.24) is 9.88 Å². The normalized spacial score (nSPS) is 10.7. The highest BCUT2D eigenvalue weighted by molar-refractivity contribution is 7.13. The Balaban J connectivity index is 1.66. The number of thiazole rings is 1. The van der Waals surface area contributed by atoms with E-state index in [1.807, 2.05) is 47.8 Å². The first kappa shape index (κ1) is 17.9. The van der Waals surface area contributed by atoms with Crippen molar-refractivity contribution in [2.24, 2.45) is 0 Å². The molecule has 0 aliphatic heterocycles. The van der Waals surface area contributed by atoms with Crippen LogP contribution in [0.25, 0.3) is 10.6 Å². The van der Waals surface area contributed by atoms with Gasteiger partial charge in [0.25, 0.3) is 0 Å². The van der Waals surface area contributed by atoms with E-state index in [1.165, 1.54) is 0 Å². The number of benzene rings is 2. The number of carbonyl (C=O) groups excluding carboxylic acids is 1. The fourth-order valence-corrected chi connectivity index (χ4v) is 3.61. The van der Waals surface area contributed by atoms with Gasteiger partial charge < -0.3 is 4.90 Å². The molecule has 2 aromatic carbocycles. The first-order valence-corrected chi connectivity index (χ1v) is 9.35. The highest BCUT2D eigenvalue weighted by atomic mass is 35.5. The number of nitrogens with zero attached hydrogens (tertiary/aromatic N) is 2. The fourth-order valence-electron chi connectivity index (χ4n) is 2.41. The van der Waals surface area contributed by atoms with Crippen LogP contribution in [0.15, 0.2) is 53.9 Å². The van der Waals surface area contributed by atoms with E-state index in [2.05, 4.69) is 4.98 Å². The summed E-state index contributed by atoms with van der Waals surface area (Å²) in [6, 6.07) is 15.4. The van der Waals surface area contributed by atoms with Gasteiger partial charge in [0.1, 0.15) is 5.01 Å². The van der Waals surface area contributed by atoms with E-state index >= 15 is 0 Å². The van der Waals surface area contributed by atoms with Gasteiger partial charge in [0.15, 0.2) is 0 Å². The van der Waals surface area contributed by atoms with Crippen LogP contribution in [0.4, 0.5) is 0 Å². The maximum absolute atomic E-state index is 12.5. The molecule has 1 heterocycles. The molecular formula is C19H16Cl2N2OS. The molecule has 1 aromatic heterocycles. The van der Waals surface area contributed by atoms with E-state index < -0.39 is 0 Å². The van der Waals surface area contributed by atoms with E-state index in [-0.39, 0.29) is 12.3 Å². The zero-order valence-corrected chi connectivity index (χ0v) is 15.9. The van der Waals surface area contributed by atoms with Crippen LogP contribution in [0.2, 0.25) is 10.0 Å². The number of carbonyl (C=O) groups is 1.